The maximum atomic E-state index is 6.28. The number of unbranched alkanes of at least 4 members (excludes halogenated alkanes) is 3. The third kappa shape index (κ3) is 3.62. The van der Waals surface area contributed by atoms with Gasteiger partial charge < -0.3 is 4.42 Å². The van der Waals surface area contributed by atoms with Crippen LogP contribution in [0.4, 0.5) is 0 Å². The molecule has 4 rings (SSSR count). The molecular weight excluding hydrogens is 445 g/mol. The highest BCUT2D eigenvalue weighted by Crippen LogP contribution is 2.38. The van der Waals surface area contributed by atoms with Crippen molar-refractivity contribution >= 4 is 44.5 Å². The normalized spacial score (nSPS) is 11.5. The smallest absolute Gasteiger partial charge is 0.162 e. The van der Waals surface area contributed by atoms with Gasteiger partial charge >= 0.3 is 0 Å². The Hall–Kier alpha value is -1.88. The molecule has 27 heavy (non-hydrogen) atoms. The van der Waals surface area contributed by atoms with Crippen molar-refractivity contribution in [3.63, 3.8) is 0 Å². The molecule has 0 aliphatic rings. The summed E-state index contributed by atoms with van der Waals surface area (Å²) in [6, 6.07) is 16.9. The molecule has 0 fully saturated rings. The number of benzene rings is 2. The van der Waals surface area contributed by atoms with Crippen molar-refractivity contribution in [3.05, 3.63) is 63.4 Å². The molecule has 0 spiro atoms. The molecule has 2 aromatic carbocycles. The number of fused-ring (bicyclic) bond motifs is 3. The number of hydrogen-bond donors (Lipinski definition) is 0. The van der Waals surface area contributed by atoms with Crippen molar-refractivity contribution < 1.29 is 4.42 Å². The van der Waals surface area contributed by atoms with Gasteiger partial charge in [0.2, 0.25) is 0 Å². The second kappa shape index (κ2) is 8.01. The Balaban J connectivity index is 1.91. The first-order valence-corrected chi connectivity index (χ1v) is 10.8. The van der Waals surface area contributed by atoms with Gasteiger partial charge in [-0.3, -0.25) is 0 Å². The molecule has 0 radical (unpaired) electrons. The molecule has 0 N–H and O–H groups in total. The Kier molecular flexibility index (Phi) is 5.48. The van der Waals surface area contributed by atoms with E-state index in [0.29, 0.717) is 0 Å². The van der Waals surface area contributed by atoms with Gasteiger partial charge in [-0.25, -0.2) is 4.98 Å². The monoisotopic (exact) mass is 469 g/mol. The van der Waals surface area contributed by atoms with E-state index in [1.54, 1.807) is 0 Å². The highest BCUT2D eigenvalue weighted by atomic mass is 127. The van der Waals surface area contributed by atoms with Gasteiger partial charge in [-0.15, -0.1) is 0 Å². The molecule has 0 amide bonds. The summed E-state index contributed by atoms with van der Waals surface area (Å²) < 4.78 is 7.52. The molecule has 138 valence electrons. The molecule has 3 heteroatoms. The Morgan fingerprint density at radius 2 is 1.74 bits per heavy atom. The number of rotatable bonds is 6. The number of aromatic nitrogens is 1. The molecule has 0 aliphatic heterocycles. The lowest BCUT2D eigenvalue weighted by molar-refractivity contribution is 0.655. The first-order chi connectivity index (χ1) is 13.2. The molecule has 0 atom stereocenters. The molecule has 0 unspecified atom stereocenters. The summed E-state index contributed by atoms with van der Waals surface area (Å²) in [5, 5.41) is 2.39. The molecule has 0 saturated heterocycles. The van der Waals surface area contributed by atoms with Gasteiger partial charge in [0.05, 0.1) is 5.69 Å². The molecule has 0 bridgehead atoms. The van der Waals surface area contributed by atoms with Gasteiger partial charge in [-0.2, -0.15) is 0 Å². The van der Waals surface area contributed by atoms with Gasteiger partial charge in [0, 0.05) is 19.9 Å². The van der Waals surface area contributed by atoms with Crippen LogP contribution in [-0.2, 0) is 6.42 Å². The van der Waals surface area contributed by atoms with Gasteiger partial charge in [-0.1, -0.05) is 74.2 Å². The van der Waals surface area contributed by atoms with Crippen molar-refractivity contribution in [1.29, 1.82) is 0 Å². The first kappa shape index (κ1) is 18.5. The van der Waals surface area contributed by atoms with Crippen LogP contribution in [0, 0.1) is 10.5 Å². The summed E-state index contributed by atoms with van der Waals surface area (Å²) in [5.74, 6) is 0. The second-order valence-electron chi connectivity index (χ2n) is 7.20. The van der Waals surface area contributed by atoms with E-state index in [1.807, 2.05) is 12.1 Å². The lowest BCUT2D eigenvalue weighted by atomic mass is 10.0. The van der Waals surface area contributed by atoms with Crippen LogP contribution in [0.5, 0.6) is 0 Å². The highest BCUT2D eigenvalue weighted by Gasteiger charge is 2.19. The zero-order chi connectivity index (χ0) is 18.8. The lowest BCUT2D eigenvalue weighted by Crippen LogP contribution is -1.98. The van der Waals surface area contributed by atoms with Gasteiger partial charge in [0.25, 0.3) is 0 Å². The summed E-state index contributed by atoms with van der Waals surface area (Å²) in [6.07, 6.45) is 6.01. The van der Waals surface area contributed by atoms with E-state index in [0.717, 1.165) is 28.8 Å². The molecule has 2 heterocycles. The number of aryl methyl sites for hydroxylation is 2. The third-order valence-electron chi connectivity index (χ3n) is 5.12. The Bertz CT molecular complexity index is 1080. The standard InChI is InChI=1S/C24H24INO/c1-3-4-5-6-10-19-22(25)21-18-9-7-8-11-20(18)27-24(21)23(26-19)17-14-12-16(2)13-15-17/h7-9,11-15H,3-6,10H2,1-2H3. The number of pyridine rings is 1. The van der Waals surface area contributed by atoms with Crippen LogP contribution >= 0.6 is 22.6 Å². The lowest BCUT2D eigenvalue weighted by Gasteiger charge is -2.10. The zero-order valence-corrected chi connectivity index (χ0v) is 18.0. The average molecular weight is 469 g/mol. The number of halogens is 1. The van der Waals surface area contributed by atoms with Gasteiger partial charge in [0.1, 0.15) is 11.3 Å². The summed E-state index contributed by atoms with van der Waals surface area (Å²) in [6.45, 7) is 4.36. The van der Waals surface area contributed by atoms with E-state index in [4.69, 9.17) is 9.40 Å². The van der Waals surface area contributed by atoms with Crippen LogP contribution in [-0.4, -0.2) is 4.98 Å². The minimum Gasteiger partial charge on any atom is -0.454 e. The topological polar surface area (TPSA) is 26.0 Å². The number of para-hydroxylation sites is 1. The quantitative estimate of drug-likeness (QED) is 0.214. The van der Waals surface area contributed by atoms with E-state index in [-0.39, 0.29) is 0 Å². The van der Waals surface area contributed by atoms with E-state index in [2.05, 4.69) is 72.8 Å². The third-order valence-corrected chi connectivity index (χ3v) is 6.28. The SMILES string of the molecule is CCCCCCc1nc(-c2ccc(C)cc2)c2oc3ccccc3c2c1I. The molecule has 0 saturated carbocycles. The Labute approximate surface area is 174 Å². The molecule has 4 aromatic rings. The Morgan fingerprint density at radius 1 is 0.963 bits per heavy atom. The zero-order valence-electron chi connectivity index (χ0n) is 15.9. The minimum atomic E-state index is 0.904. The second-order valence-corrected chi connectivity index (χ2v) is 8.28. The van der Waals surface area contributed by atoms with Crippen molar-refractivity contribution in [1.82, 2.24) is 4.98 Å². The van der Waals surface area contributed by atoms with Crippen molar-refractivity contribution in [2.45, 2.75) is 46.0 Å². The first-order valence-electron chi connectivity index (χ1n) is 9.75. The van der Waals surface area contributed by atoms with Crippen LogP contribution in [0.15, 0.2) is 52.9 Å². The van der Waals surface area contributed by atoms with Crippen molar-refractivity contribution in [2.75, 3.05) is 0 Å². The van der Waals surface area contributed by atoms with Crippen LogP contribution in [0.1, 0.15) is 43.9 Å². The predicted octanol–water partition coefficient (Wildman–Crippen LogP) is 7.68. The number of nitrogens with zero attached hydrogens (tertiary/aromatic N) is 1. The number of hydrogen-bond acceptors (Lipinski definition) is 2. The van der Waals surface area contributed by atoms with Crippen molar-refractivity contribution in [3.8, 4) is 11.3 Å². The number of furan rings is 1. The maximum Gasteiger partial charge on any atom is 0.162 e. The van der Waals surface area contributed by atoms with Crippen molar-refractivity contribution in [2.24, 2.45) is 0 Å². The van der Waals surface area contributed by atoms with Gasteiger partial charge in [-0.05, 0) is 48.4 Å². The van der Waals surface area contributed by atoms with E-state index >= 15 is 0 Å². The largest absolute Gasteiger partial charge is 0.454 e. The summed E-state index contributed by atoms with van der Waals surface area (Å²) in [7, 11) is 0. The van der Waals surface area contributed by atoms with E-state index in [9.17, 15) is 0 Å². The fourth-order valence-electron chi connectivity index (χ4n) is 3.60. The fourth-order valence-corrected chi connectivity index (χ4v) is 4.53. The van der Waals surface area contributed by atoms with Crippen LogP contribution in [0.2, 0.25) is 0 Å². The average Bonchev–Trinajstić information content (AvgIpc) is 3.07. The Morgan fingerprint density at radius 3 is 2.52 bits per heavy atom. The predicted molar refractivity (Wildman–Crippen MR) is 122 cm³/mol. The minimum absolute atomic E-state index is 0.904. The molecule has 2 aromatic heterocycles. The summed E-state index contributed by atoms with van der Waals surface area (Å²) >= 11 is 2.46. The summed E-state index contributed by atoms with van der Waals surface area (Å²) in [5.41, 5.74) is 6.37. The maximum absolute atomic E-state index is 6.28. The van der Waals surface area contributed by atoms with Crippen LogP contribution in [0.3, 0.4) is 0 Å². The summed E-state index contributed by atoms with van der Waals surface area (Å²) in [4.78, 5) is 5.09. The van der Waals surface area contributed by atoms with E-state index in [1.165, 1.54) is 51.3 Å². The van der Waals surface area contributed by atoms with Crippen LogP contribution in [0.25, 0.3) is 33.2 Å². The fraction of sp³-hybridized carbons (Fsp3) is 0.292. The molecule has 2 nitrogen and oxygen atoms in total. The van der Waals surface area contributed by atoms with E-state index < -0.39 is 0 Å². The van der Waals surface area contributed by atoms with Gasteiger partial charge in [0.15, 0.2) is 5.58 Å². The molecule has 0 aliphatic carbocycles. The van der Waals surface area contributed by atoms with Crippen LogP contribution < -0.4 is 0 Å². The highest BCUT2D eigenvalue weighted by molar-refractivity contribution is 14.1. The molecular formula is C24H24INO.